The Bertz CT molecular complexity index is 1410. The Morgan fingerprint density at radius 3 is 2.64 bits per heavy atom. The predicted octanol–water partition coefficient (Wildman–Crippen LogP) is 2.23. The minimum Gasteiger partial charge on any atom is -0.324 e. The van der Waals surface area contributed by atoms with E-state index in [2.05, 4.69) is 20.4 Å². The second-order valence-electron chi connectivity index (χ2n) is 6.32. The van der Waals surface area contributed by atoms with Crippen LogP contribution in [0.2, 0.25) is 0 Å². The number of fused-ring (bicyclic) bond motifs is 4. The van der Waals surface area contributed by atoms with Crippen molar-refractivity contribution in [2.75, 3.05) is 5.32 Å². The first-order valence-corrected chi connectivity index (χ1v) is 8.67. The molecule has 2 aromatic carbocycles. The molecule has 5 aromatic rings. The monoisotopic (exact) mass is 370 g/mol. The molecule has 136 valence electrons. The van der Waals surface area contributed by atoms with Gasteiger partial charge in [0.05, 0.1) is 16.7 Å². The zero-order valence-corrected chi connectivity index (χ0v) is 14.6. The van der Waals surface area contributed by atoms with E-state index in [4.69, 9.17) is 0 Å². The van der Waals surface area contributed by atoms with Gasteiger partial charge >= 0.3 is 5.69 Å². The lowest BCUT2D eigenvalue weighted by Crippen LogP contribution is -2.28. The molecule has 3 heterocycles. The topological polar surface area (TPSA) is 94.2 Å². The second-order valence-corrected chi connectivity index (χ2v) is 6.32. The molecule has 0 aliphatic rings. The lowest BCUT2D eigenvalue weighted by Gasteiger charge is -2.07. The van der Waals surface area contributed by atoms with E-state index in [1.54, 1.807) is 12.3 Å². The first-order chi connectivity index (χ1) is 13.7. The van der Waals surface area contributed by atoms with Crippen LogP contribution in [0.15, 0.2) is 71.9 Å². The predicted molar refractivity (Wildman–Crippen MR) is 105 cm³/mol. The maximum absolute atomic E-state index is 12.6. The molecule has 0 fully saturated rings. The van der Waals surface area contributed by atoms with Crippen molar-refractivity contribution in [1.29, 1.82) is 0 Å². The molecule has 0 aliphatic carbocycles. The molecule has 8 nitrogen and oxygen atoms in total. The molecule has 0 saturated heterocycles. The lowest BCUT2D eigenvalue weighted by molar-refractivity contribution is -0.116. The van der Waals surface area contributed by atoms with Crippen LogP contribution in [0.5, 0.6) is 0 Å². The molecule has 0 atom stereocenters. The Morgan fingerprint density at radius 1 is 0.929 bits per heavy atom. The molecule has 1 amide bonds. The van der Waals surface area contributed by atoms with Gasteiger partial charge in [-0.05, 0) is 36.4 Å². The van der Waals surface area contributed by atoms with Crippen molar-refractivity contribution in [2.24, 2.45) is 0 Å². The van der Waals surface area contributed by atoms with Crippen LogP contribution in [0.1, 0.15) is 0 Å². The summed E-state index contributed by atoms with van der Waals surface area (Å²) in [6.45, 7) is -0.203. The van der Waals surface area contributed by atoms with Gasteiger partial charge < -0.3 is 5.32 Å². The number of nitrogens with one attached hydrogen (secondary N) is 1. The first-order valence-electron chi connectivity index (χ1n) is 8.67. The molecule has 0 spiro atoms. The number of aromatic nitrogens is 5. The summed E-state index contributed by atoms with van der Waals surface area (Å²) in [7, 11) is 0. The fourth-order valence-electron chi connectivity index (χ4n) is 3.24. The average Bonchev–Trinajstić information content (AvgIpc) is 3.04. The fraction of sp³-hybridized carbons (Fsp3) is 0.0500. The van der Waals surface area contributed by atoms with Crippen LogP contribution in [-0.2, 0) is 11.3 Å². The van der Waals surface area contributed by atoms with Gasteiger partial charge in [-0.3, -0.25) is 9.78 Å². The van der Waals surface area contributed by atoms with Crippen LogP contribution in [0.4, 0.5) is 5.69 Å². The van der Waals surface area contributed by atoms with E-state index in [1.165, 1.54) is 10.7 Å². The Labute approximate surface area is 158 Å². The van der Waals surface area contributed by atoms with Gasteiger partial charge in [-0.2, -0.15) is 0 Å². The van der Waals surface area contributed by atoms with E-state index in [0.717, 1.165) is 26.5 Å². The van der Waals surface area contributed by atoms with E-state index in [1.807, 2.05) is 48.5 Å². The van der Waals surface area contributed by atoms with Crippen molar-refractivity contribution < 1.29 is 4.79 Å². The van der Waals surface area contributed by atoms with E-state index in [0.29, 0.717) is 11.3 Å². The molecule has 0 unspecified atom stereocenters. The first kappa shape index (κ1) is 16.1. The number of anilines is 1. The molecule has 1 N–H and O–H groups in total. The Morgan fingerprint density at radius 2 is 1.71 bits per heavy atom. The highest BCUT2D eigenvalue weighted by atomic mass is 16.2. The summed E-state index contributed by atoms with van der Waals surface area (Å²) in [5.41, 5.74) is 2.21. The highest BCUT2D eigenvalue weighted by Crippen LogP contribution is 2.21. The maximum atomic E-state index is 12.6. The van der Waals surface area contributed by atoms with Crippen molar-refractivity contribution in [2.45, 2.75) is 6.54 Å². The molecule has 8 heteroatoms. The smallest absolute Gasteiger partial charge is 0.324 e. The fourth-order valence-corrected chi connectivity index (χ4v) is 3.24. The summed E-state index contributed by atoms with van der Waals surface area (Å²) in [5, 5.41) is 8.76. The summed E-state index contributed by atoms with van der Waals surface area (Å²) >= 11 is 0. The largest absolute Gasteiger partial charge is 0.352 e. The minimum atomic E-state index is -0.414. The van der Waals surface area contributed by atoms with Gasteiger partial charge in [0.1, 0.15) is 12.9 Å². The molecule has 3 aromatic heterocycles. The third-order valence-electron chi connectivity index (χ3n) is 4.54. The lowest BCUT2D eigenvalue weighted by atomic mass is 10.2. The number of pyridine rings is 1. The van der Waals surface area contributed by atoms with E-state index in [-0.39, 0.29) is 12.5 Å². The molecular formula is C20H14N6O2. The highest BCUT2D eigenvalue weighted by Gasteiger charge is 2.14. The second kappa shape index (κ2) is 6.27. The SMILES string of the molecule is O=C(Cn1nc2c3ccccc3ncn2c1=O)Nc1cccc2ncccc12. The Kier molecular flexibility index (Phi) is 3.61. The Balaban J connectivity index is 1.49. The number of carbonyl (C=O) groups is 1. The van der Waals surface area contributed by atoms with Crippen molar-refractivity contribution in [3.8, 4) is 0 Å². The normalized spacial score (nSPS) is 11.3. The van der Waals surface area contributed by atoms with Crippen LogP contribution in [0.3, 0.4) is 0 Å². The molecular weight excluding hydrogens is 356 g/mol. The molecule has 28 heavy (non-hydrogen) atoms. The molecule has 0 bridgehead atoms. The van der Waals surface area contributed by atoms with Gasteiger partial charge in [0.25, 0.3) is 0 Å². The zero-order valence-electron chi connectivity index (χ0n) is 14.6. The van der Waals surface area contributed by atoms with Gasteiger partial charge in [-0.25, -0.2) is 18.9 Å². The van der Waals surface area contributed by atoms with Gasteiger partial charge in [0.15, 0.2) is 5.65 Å². The number of para-hydroxylation sites is 1. The van der Waals surface area contributed by atoms with Crippen LogP contribution in [0, 0.1) is 0 Å². The molecule has 5 rings (SSSR count). The molecule has 0 radical (unpaired) electrons. The number of hydrogen-bond donors (Lipinski definition) is 1. The quantitative estimate of drug-likeness (QED) is 0.526. The third kappa shape index (κ3) is 2.59. The van der Waals surface area contributed by atoms with E-state index < -0.39 is 5.69 Å². The summed E-state index contributed by atoms with van der Waals surface area (Å²) < 4.78 is 2.49. The van der Waals surface area contributed by atoms with E-state index >= 15 is 0 Å². The summed E-state index contributed by atoms with van der Waals surface area (Å²) in [5.74, 6) is -0.348. The van der Waals surface area contributed by atoms with Crippen molar-refractivity contribution in [3.05, 3.63) is 77.6 Å². The number of rotatable bonds is 3. The van der Waals surface area contributed by atoms with Crippen LogP contribution >= 0.6 is 0 Å². The summed E-state index contributed by atoms with van der Waals surface area (Å²) in [6, 6.07) is 16.6. The maximum Gasteiger partial charge on any atom is 0.352 e. The molecule has 0 saturated carbocycles. The van der Waals surface area contributed by atoms with Crippen molar-refractivity contribution >= 4 is 39.0 Å². The van der Waals surface area contributed by atoms with E-state index in [9.17, 15) is 9.59 Å². The van der Waals surface area contributed by atoms with Crippen LogP contribution in [-0.4, -0.2) is 30.1 Å². The minimum absolute atomic E-state index is 0.203. The van der Waals surface area contributed by atoms with Gasteiger partial charge in [0.2, 0.25) is 5.91 Å². The van der Waals surface area contributed by atoms with Crippen molar-refractivity contribution in [1.82, 2.24) is 24.1 Å². The number of benzene rings is 2. The third-order valence-corrected chi connectivity index (χ3v) is 4.54. The number of carbonyl (C=O) groups excluding carboxylic acids is 1. The average molecular weight is 370 g/mol. The number of nitrogens with zero attached hydrogens (tertiary/aromatic N) is 5. The number of hydrogen-bond acceptors (Lipinski definition) is 5. The summed E-state index contributed by atoms with van der Waals surface area (Å²) in [6.07, 6.45) is 3.13. The summed E-state index contributed by atoms with van der Waals surface area (Å²) in [4.78, 5) is 33.7. The van der Waals surface area contributed by atoms with Crippen LogP contribution < -0.4 is 11.0 Å². The van der Waals surface area contributed by atoms with Crippen molar-refractivity contribution in [3.63, 3.8) is 0 Å². The zero-order chi connectivity index (χ0) is 19.1. The van der Waals surface area contributed by atoms with Crippen LogP contribution in [0.25, 0.3) is 27.5 Å². The highest BCUT2D eigenvalue weighted by molar-refractivity contribution is 6.00. The molecule has 0 aliphatic heterocycles. The number of amides is 1. The van der Waals surface area contributed by atoms with Gasteiger partial charge in [-0.1, -0.05) is 18.2 Å². The van der Waals surface area contributed by atoms with Gasteiger partial charge in [0, 0.05) is 17.0 Å². The standard InChI is InChI=1S/C20H14N6O2/c27-18(23-17-9-3-8-15-13(17)6-4-10-21-15)11-26-20(28)25-12-22-16-7-2-1-5-14(16)19(25)24-26/h1-10,12H,11H2,(H,23,27). The Hall–Kier alpha value is -4.07. The van der Waals surface area contributed by atoms with Gasteiger partial charge in [-0.15, -0.1) is 5.10 Å².